The van der Waals surface area contributed by atoms with Gasteiger partial charge in [0, 0.05) is 12.0 Å². The van der Waals surface area contributed by atoms with Crippen molar-refractivity contribution >= 4 is 5.97 Å². The first-order valence-corrected chi connectivity index (χ1v) is 6.03. The molecule has 5 heteroatoms. The number of carbonyl (C=O) groups is 1. The molecule has 0 saturated carbocycles. The third-order valence-corrected chi connectivity index (χ3v) is 2.73. The Hall–Kier alpha value is -1.17. The molecule has 102 valence electrons. The van der Waals surface area contributed by atoms with E-state index in [0.717, 1.165) is 0 Å². The molecule has 3 N–H and O–H groups in total. The molecule has 1 aliphatic carbocycles. The first-order chi connectivity index (χ1) is 8.45. The van der Waals surface area contributed by atoms with Crippen LogP contribution in [0.25, 0.3) is 0 Å². The van der Waals surface area contributed by atoms with Gasteiger partial charge in [0.25, 0.3) is 0 Å². The summed E-state index contributed by atoms with van der Waals surface area (Å²) >= 11 is 0. The summed E-state index contributed by atoms with van der Waals surface area (Å²) < 4.78 is 11.1. The van der Waals surface area contributed by atoms with Gasteiger partial charge in [0.1, 0.15) is 0 Å². The molecular weight excluding hydrogens is 234 g/mol. The molecule has 1 aliphatic rings. The van der Waals surface area contributed by atoms with Gasteiger partial charge in [-0.15, -0.1) is 6.58 Å². The van der Waals surface area contributed by atoms with Crippen LogP contribution in [0.3, 0.4) is 0 Å². The van der Waals surface area contributed by atoms with Crippen LogP contribution < -0.4 is 5.73 Å². The summed E-state index contributed by atoms with van der Waals surface area (Å²) in [6, 6.07) is -0.365. The van der Waals surface area contributed by atoms with E-state index in [-0.39, 0.29) is 23.8 Å². The maximum atomic E-state index is 11.1. The Morgan fingerprint density at radius 2 is 2.39 bits per heavy atom. The average Bonchev–Trinajstić information content (AvgIpc) is 2.29. The summed E-state index contributed by atoms with van der Waals surface area (Å²) in [5.74, 6) is -0.952. The third-order valence-electron chi connectivity index (χ3n) is 2.73. The van der Waals surface area contributed by atoms with Crippen molar-refractivity contribution in [3.63, 3.8) is 0 Å². The first kappa shape index (κ1) is 14.9. The van der Waals surface area contributed by atoms with Gasteiger partial charge in [-0.3, -0.25) is 0 Å². The van der Waals surface area contributed by atoms with Crippen LogP contribution in [0.15, 0.2) is 24.3 Å². The van der Waals surface area contributed by atoms with Crippen LogP contribution in [0.5, 0.6) is 0 Å². The maximum absolute atomic E-state index is 11.1. The highest BCUT2D eigenvalue weighted by atomic mass is 16.5. The van der Waals surface area contributed by atoms with Gasteiger partial charge in [-0.25, -0.2) is 4.79 Å². The normalized spacial score (nSPS) is 28.0. The number of carboxylic acids is 1. The highest BCUT2D eigenvalue weighted by Gasteiger charge is 2.34. The molecule has 3 atom stereocenters. The van der Waals surface area contributed by atoms with Crippen molar-refractivity contribution in [3.05, 3.63) is 24.3 Å². The van der Waals surface area contributed by atoms with Gasteiger partial charge in [-0.2, -0.15) is 0 Å². The van der Waals surface area contributed by atoms with Gasteiger partial charge in [0.15, 0.2) is 0 Å². The second-order valence-corrected chi connectivity index (χ2v) is 4.59. The van der Waals surface area contributed by atoms with Gasteiger partial charge < -0.3 is 20.3 Å². The second kappa shape index (κ2) is 6.68. The molecule has 2 unspecified atom stereocenters. The number of carboxylic acid groups (broad SMARTS) is 1. The zero-order valence-electron chi connectivity index (χ0n) is 10.8. The Morgan fingerprint density at radius 1 is 1.72 bits per heavy atom. The van der Waals surface area contributed by atoms with Gasteiger partial charge in [0.2, 0.25) is 0 Å². The molecular formula is C13H21NO4. The molecule has 0 heterocycles. The van der Waals surface area contributed by atoms with Crippen molar-refractivity contribution in [2.24, 2.45) is 5.73 Å². The van der Waals surface area contributed by atoms with E-state index in [1.807, 2.05) is 13.8 Å². The van der Waals surface area contributed by atoms with Crippen LogP contribution in [0.1, 0.15) is 20.3 Å². The summed E-state index contributed by atoms with van der Waals surface area (Å²) in [6.45, 7) is 7.68. The number of nitrogens with two attached hydrogens (primary N) is 1. The molecule has 0 aliphatic heterocycles. The summed E-state index contributed by atoms with van der Waals surface area (Å²) in [6.07, 6.45) is 2.68. The Kier molecular flexibility index (Phi) is 5.53. The van der Waals surface area contributed by atoms with Crippen molar-refractivity contribution in [1.29, 1.82) is 0 Å². The maximum Gasteiger partial charge on any atom is 0.331 e. The Bertz CT molecular complexity index is 338. The molecule has 0 amide bonds. The predicted molar refractivity (Wildman–Crippen MR) is 68.3 cm³/mol. The van der Waals surface area contributed by atoms with Crippen molar-refractivity contribution in [1.82, 2.24) is 0 Å². The average molecular weight is 255 g/mol. The Morgan fingerprint density at radius 3 is 2.89 bits per heavy atom. The van der Waals surface area contributed by atoms with Crippen LogP contribution in [0, 0.1) is 0 Å². The van der Waals surface area contributed by atoms with E-state index in [4.69, 9.17) is 20.3 Å². The van der Waals surface area contributed by atoms with E-state index < -0.39 is 12.1 Å². The monoisotopic (exact) mass is 255 g/mol. The Balaban J connectivity index is 2.83. The van der Waals surface area contributed by atoms with E-state index in [9.17, 15) is 4.79 Å². The van der Waals surface area contributed by atoms with E-state index in [2.05, 4.69) is 6.58 Å². The highest BCUT2D eigenvalue weighted by Crippen LogP contribution is 2.23. The minimum atomic E-state index is -0.952. The number of hydrogen-bond donors (Lipinski definition) is 2. The van der Waals surface area contributed by atoms with Crippen LogP contribution in [0.2, 0.25) is 0 Å². The van der Waals surface area contributed by atoms with E-state index >= 15 is 0 Å². The zero-order valence-corrected chi connectivity index (χ0v) is 10.8. The van der Waals surface area contributed by atoms with E-state index in [1.165, 1.54) is 0 Å². The Labute approximate surface area is 107 Å². The molecule has 0 bridgehead atoms. The summed E-state index contributed by atoms with van der Waals surface area (Å²) in [5.41, 5.74) is 6.34. The lowest BCUT2D eigenvalue weighted by molar-refractivity contribution is -0.134. The smallest absolute Gasteiger partial charge is 0.331 e. The summed E-state index contributed by atoms with van der Waals surface area (Å²) in [4.78, 5) is 11.1. The number of hydrogen-bond acceptors (Lipinski definition) is 4. The molecule has 0 saturated heterocycles. The number of ether oxygens (including phenoxy) is 2. The quantitative estimate of drug-likeness (QED) is 0.694. The molecule has 18 heavy (non-hydrogen) atoms. The molecule has 5 nitrogen and oxygen atoms in total. The molecule has 1 rings (SSSR count). The minimum absolute atomic E-state index is 0.0227. The molecule has 0 fully saturated rings. The first-order valence-electron chi connectivity index (χ1n) is 6.03. The van der Waals surface area contributed by atoms with Gasteiger partial charge in [0.05, 0.1) is 31.0 Å². The van der Waals surface area contributed by atoms with Crippen LogP contribution in [0.4, 0.5) is 0 Å². The lowest BCUT2D eigenvalue weighted by Crippen LogP contribution is -2.50. The zero-order chi connectivity index (χ0) is 13.7. The van der Waals surface area contributed by atoms with Gasteiger partial charge in [-0.05, 0) is 19.9 Å². The van der Waals surface area contributed by atoms with Crippen molar-refractivity contribution < 1.29 is 19.4 Å². The SMILES string of the molecule is C=CCOC1CC(C(=O)O)=CC(OC(C)C)[C@@H]1N. The largest absolute Gasteiger partial charge is 0.478 e. The topological polar surface area (TPSA) is 81.8 Å². The molecule has 0 spiro atoms. The molecule has 0 aromatic rings. The lowest BCUT2D eigenvalue weighted by Gasteiger charge is -2.34. The fourth-order valence-corrected chi connectivity index (χ4v) is 1.91. The van der Waals surface area contributed by atoms with Crippen LogP contribution in [-0.4, -0.2) is 42.0 Å². The van der Waals surface area contributed by atoms with Crippen molar-refractivity contribution in [3.8, 4) is 0 Å². The van der Waals surface area contributed by atoms with E-state index in [0.29, 0.717) is 13.0 Å². The van der Waals surface area contributed by atoms with Crippen LogP contribution >= 0.6 is 0 Å². The van der Waals surface area contributed by atoms with Gasteiger partial charge >= 0.3 is 5.97 Å². The fraction of sp³-hybridized carbons (Fsp3) is 0.615. The molecule has 0 aromatic carbocycles. The summed E-state index contributed by atoms with van der Waals surface area (Å²) in [5, 5.41) is 9.08. The van der Waals surface area contributed by atoms with Crippen molar-refractivity contribution in [2.75, 3.05) is 6.61 Å². The highest BCUT2D eigenvalue weighted by molar-refractivity contribution is 5.87. The standard InChI is InChI=1S/C13H21NO4/c1-4-5-17-10-6-9(13(15)16)7-11(12(10)14)18-8(2)3/h4,7-8,10-12H,1,5-6,14H2,2-3H3,(H,15,16)/t10?,11?,12-/m1/s1. The fourth-order valence-electron chi connectivity index (χ4n) is 1.91. The number of rotatable bonds is 6. The van der Waals surface area contributed by atoms with Crippen molar-refractivity contribution in [2.45, 2.75) is 44.6 Å². The third kappa shape index (κ3) is 3.94. The lowest BCUT2D eigenvalue weighted by atomic mass is 9.90. The summed E-state index contributed by atoms with van der Waals surface area (Å²) in [7, 11) is 0. The minimum Gasteiger partial charge on any atom is -0.478 e. The van der Waals surface area contributed by atoms with E-state index in [1.54, 1.807) is 12.2 Å². The molecule has 0 aromatic heterocycles. The van der Waals surface area contributed by atoms with Gasteiger partial charge in [-0.1, -0.05) is 6.08 Å². The second-order valence-electron chi connectivity index (χ2n) is 4.59. The molecule has 0 radical (unpaired) electrons. The van der Waals surface area contributed by atoms with Crippen LogP contribution in [-0.2, 0) is 14.3 Å². The predicted octanol–water partition coefficient (Wildman–Crippen LogP) is 1.09. The number of aliphatic carboxylic acids is 1.